The third kappa shape index (κ3) is 7.02. The van der Waals surface area contributed by atoms with E-state index in [-0.39, 0.29) is 22.2 Å². The number of carbonyl (C=O) groups is 3. The number of nitrogens with zero attached hydrogens (tertiary/aromatic N) is 4. The number of β-lactam (4-membered cyclic amide) rings is 1. The molecule has 1 saturated heterocycles. The van der Waals surface area contributed by atoms with Crippen molar-refractivity contribution in [2.75, 3.05) is 18.6 Å². The topological polar surface area (TPSA) is 226 Å². The summed E-state index contributed by atoms with van der Waals surface area (Å²) in [5.41, 5.74) is 8.96. The number of hydrogen-bond donors (Lipinski definition) is 5. The summed E-state index contributed by atoms with van der Waals surface area (Å²) in [4.78, 5) is 48.4. The molecule has 2 aliphatic heterocycles. The van der Waals surface area contributed by atoms with E-state index in [1.807, 2.05) is 12.3 Å². The zero-order chi connectivity index (χ0) is 29.9. The lowest BCUT2D eigenvalue weighted by molar-refractivity contribution is -0.697. The first kappa shape index (κ1) is 30.4. The maximum Gasteiger partial charge on any atom is 0.394 e. The molecule has 0 radical (unpaired) electrons. The molecule has 0 bridgehead atoms. The number of carboxylic acid groups (broad SMARTS) is 1. The molecule has 5 rings (SSSR count). The minimum Gasteiger partial charge on any atom is -0.477 e. The molecule has 220 valence electrons. The van der Waals surface area contributed by atoms with Crippen molar-refractivity contribution >= 4 is 62.1 Å². The first-order chi connectivity index (χ1) is 19.4. The van der Waals surface area contributed by atoms with E-state index in [0.29, 0.717) is 17.9 Å². The van der Waals surface area contributed by atoms with Crippen LogP contribution in [0.25, 0.3) is 0 Å². The van der Waals surface area contributed by atoms with Crippen LogP contribution in [0.5, 0.6) is 0 Å². The predicted molar refractivity (Wildman–Crippen MR) is 147 cm³/mol. The number of nitrogens with one attached hydrogen (secondary N) is 1. The van der Waals surface area contributed by atoms with Gasteiger partial charge in [0.1, 0.15) is 29.9 Å². The van der Waals surface area contributed by atoms with Gasteiger partial charge in [0.05, 0.1) is 0 Å². The van der Waals surface area contributed by atoms with Crippen LogP contribution in [0.1, 0.15) is 29.8 Å². The van der Waals surface area contributed by atoms with Gasteiger partial charge < -0.3 is 21.0 Å². The number of nitrogen functional groups attached to an aromatic ring is 1. The van der Waals surface area contributed by atoms with Crippen molar-refractivity contribution in [3.05, 3.63) is 51.9 Å². The second-order valence-electron chi connectivity index (χ2n) is 9.07. The van der Waals surface area contributed by atoms with Crippen LogP contribution in [0.4, 0.5) is 5.13 Å². The Balaban J connectivity index is 0.000000714. The largest absolute Gasteiger partial charge is 0.477 e. The van der Waals surface area contributed by atoms with Gasteiger partial charge in [0, 0.05) is 34.8 Å². The maximum atomic E-state index is 13.1. The molecule has 1 aliphatic carbocycles. The molecule has 2 amide bonds. The molecule has 0 saturated carbocycles. The van der Waals surface area contributed by atoms with Gasteiger partial charge >= 0.3 is 16.4 Å². The quantitative estimate of drug-likeness (QED) is 0.0901. The van der Waals surface area contributed by atoms with Crippen molar-refractivity contribution in [1.29, 1.82) is 0 Å². The van der Waals surface area contributed by atoms with Crippen LogP contribution in [-0.4, -0.2) is 80.3 Å². The van der Waals surface area contributed by atoms with Crippen molar-refractivity contribution in [3.63, 3.8) is 0 Å². The highest BCUT2D eigenvalue weighted by atomic mass is 32.3. The molecule has 41 heavy (non-hydrogen) atoms. The number of thioether (sulfide) groups is 1. The van der Waals surface area contributed by atoms with E-state index in [0.717, 1.165) is 37.0 Å². The Morgan fingerprint density at radius 1 is 1.32 bits per heavy atom. The summed E-state index contributed by atoms with van der Waals surface area (Å²) in [6.45, 7) is 0.404. The SMILES string of the molecule is CON=C(C(=O)NC1C(=O)N2C(C(=O)O)=C(C[n+]3cccc4c3CCCC4)CSC12)c1csc(N)n1.O=S(=O)(O)O. The fourth-order valence-electron chi connectivity index (χ4n) is 4.83. The lowest BCUT2D eigenvalue weighted by atomic mass is 9.95. The van der Waals surface area contributed by atoms with Gasteiger partial charge in [0.15, 0.2) is 29.3 Å². The number of aromatic nitrogens is 2. The van der Waals surface area contributed by atoms with Crippen LogP contribution in [0, 0.1) is 0 Å². The maximum absolute atomic E-state index is 13.1. The fourth-order valence-corrected chi connectivity index (χ4v) is 6.72. The van der Waals surface area contributed by atoms with Crippen LogP contribution in [-0.2, 0) is 49.0 Å². The number of rotatable bonds is 7. The van der Waals surface area contributed by atoms with E-state index in [9.17, 15) is 19.5 Å². The Bertz CT molecular complexity index is 1530. The lowest BCUT2D eigenvalue weighted by Gasteiger charge is -2.49. The molecule has 18 heteroatoms. The van der Waals surface area contributed by atoms with Crippen LogP contribution >= 0.6 is 23.1 Å². The second-order valence-corrected chi connectivity index (χ2v) is 12.0. The number of carboxylic acids is 1. The van der Waals surface area contributed by atoms with Crippen LogP contribution in [0.3, 0.4) is 0 Å². The number of aryl methyl sites for hydroxylation is 1. The van der Waals surface area contributed by atoms with Gasteiger partial charge in [-0.2, -0.15) is 13.0 Å². The van der Waals surface area contributed by atoms with E-state index < -0.39 is 39.6 Å². The normalized spacial score (nSPS) is 20.2. The number of thiazole rings is 1. The molecule has 15 nitrogen and oxygen atoms in total. The van der Waals surface area contributed by atoms with Crippen molar-refractivity contribution in [3.8, 4) is 0 Å². The number of aliphatic carboxylic acids is 1. The van der Waals surface area contributed by atoms with Gasteiger partial charge in [-0.05, 0) is 25.3 Å². The molecule has 3 aliphatic rings. The first-order valence-corrected chi connectivity index (χ1v) is 15.4. The highest BCUT2D eigenvalue weighted by Gasteiger charge is 2.55. The minimum atomic E-state index is -4.67. The minimum absolute atomic E-state index is 0.00628. The molecule has 2 aromatic rings. The third-order valence-corrected chi connectivity index (χ3v) is 8.46. The number of amides is 2. The molecule has 2 unspecified atom stereocenters. The molecule has 6 N–H and O–H groups in total. The number of fused-ring (bicyclic) bond motifs is 2. The Morgan fingerprint density at radius 3 is 2.66 bits per heavy atom. The molecule has 0 aromatic carbocycles. The zero-order valence-electron chi connectivity index (χ0n) is 21.6. The van der Waals surface area contributed by atoms with Gasteiger partial charge in [-0.25, -0.2) is 9.78 Å². The Hall–Kier alpha value is -3.58. The summed E-state index contributed by atoms with van der Waals surface area (Å²) < 4.78 is 33.7. The highest BCUT2D eigenvalue weighted by molar-refractivity contribution is 8.00. The van der Waals surface area contributed by atoms with E-state index >= 15 is 0 Å². The van der Waals surface area contributed by atoms with E-state index in [1.165, 1.54) is 35.0 Å². The summed E-state index contributed by atoms with van der Waals surface area (Å²) in [5.74, 6) is -1.86. The monoisotopic (exact) mass is 627 g/mol. The number of oxime groups is 1. The summed E-state index contributed by atoms with van der Waals surface area (Å²) in [7, 11) is -3.37. The Morgan fingerprint density at radius 2 is 2.02 bits per heavy atom. The smallest absolute Gasteiger partial charge is 0.394 e. The van der Waals surface area contributed by atoms with Crippen molar-refractivity contribution < 1.29 is 46.4 Å². The summed E-state index contributed by atoms with van der Waals surface area (Å²) in [5, 5.41) is 17.7. The van der Waals surface area contributed by atoms with Crippen LogP contribution in [0.15, 0.2) is 40.1 Å². The van der Waals surface area contributed by atoms with E-state index in [2.05, 4.69) is 26.1 Å². The summed E-state index contributed by atoms with van der Waals surface area (Å²) in [6.07, 6.45) is 6.20. The standard InChI is InChI=1S/C23H24N6O5S2.H2O4S/c1-34-27-16(14-11-36-23(24)25-14)19(30)26-17-20(31)29-18(22(32)33)13(10-35-21(17)29)9-28-8-4-6-12-5-2-3-7-15(12)28;1-5(2,3)4/h4,6,8,11,17,21H,2-3,5,7,9-10H2,1H3,(H3-,24,25,26,30,32,33);(H2,1,2,3,4)/p+1. The van der Waals surface area contributed by atoms with Gasteiger partial charge in [0.25, 0.3) is 11.8 Å². The molecule has 0 spiro atoms. The second kappa shape index (κ2) is 12.5. The van der Waals surface area contributed by atoms with Crippen molar-refractivity contribution in [2.24, 2.45) is 5.16 Å². The number of hydrogen-bond acceptors (Lipinski definition) is 11. The van der Waals surface area contributed by atoms with Crippen LogP contribution < -0.4 is 15.6 Å². The van der Waals surface area contributed by atoms with Gasteiger partial charge in [-0.15, -0.1) is 23.1 Å². The van der Waals surface area contributed by atoms with Crippen molar-refractivity contribution in [1.82, 2.24) is 15.2 Å². The molecule has 2 aromatic heterocycles. The zero-order valence-corrected chi connectivity index (χ0v) is 24.0. The lowest BCUT2D eigenvalue weighted by Crippen LogP contribution is -2.71. The Kier molecular flexibility index (Phi) is 9.27. The summed E-state index contributed by atoms with van der Waals surface area (Å²) in [6, 6.07) is 3.21. The third-order valence-electron chi connectivity index (χ3n) is 6.45. The molecule has 1 fully saturated rings. The molecule has 4 heterocycles. The average molecular weight is 628 g/mol. The van der Waals surface area contributed by atoms with Crippen LogP contribution in [0.2, 0.25) is 0 Å². The van der Waals surface area contributed by atoms with Gasteiger partial charge in [-0.1, -0.05) is 5.16 Å². The molecular weight excluding hydrogens is 600 g/mol. The number of pyridine rings is 1. The fraction of sp³-hybridized carbons (Fsp3) is 0.391. The average Bonchev–Trinajstić information content (AvgIpc) is 3.34. The van der Waals surface area contributed by atoms with Crippen molar-refractivity contribution in [2.45, 2.75) is 43.6 Å². The first-order valence-electron chi connectivity index (χ1n) is 12.1. The van der Waals surface area contributed by atoms with Gasteiger partial charge in [0.2, 0.25) is 0 Å². The summed E-state index contributed by atoms with van der Waals surface area (Å²) >= 11 is 2.57. The molecular formula is C23H27N6O9S3+. The number of nitrogens with two attached hydrogens (primary N) is 1. The molecule has 2 atom stereocenters. The Labute approximate surface area is 242 Å². The number of carbonyl (C=O) groups excluding carboxylic acids is 2. The van der Waals surface area contributed by atoms with E-state index in [4.69, 9.17) is 28.1 Å². The number of anilines is 1. The highest BCUT2D eigenvalue weighted by Crippen LogP contribution is 2.40. The van der Waals surface area contributed by atoms with Gasteiger partial charge in [-0.3, -0.25) is 23.6 Å². The van der Waals surface area contributed by atoms with E-state index in [1.54, 1.807) is 5.38 Å². The predicted octanol–water partition coefficient (Wildman–Crippen LogP) is 0.0281.